The third-order valence-electron chi connectivity index (χ3n) is 5.60. The van der Waals surface area contributed by atoms with Gasteiger partial charge in [-0.25, -0.2) is 5.48 Å². The van der Waals surface area contributed by atoms with E-state index in [4.69, 9.17) is 4.84 Å². The number of Topliss-reactive ketones (excluding diaryl/α,β-unsaturated/α-hetero) is 1. The molecule has 194 valence electrons. The zero-order valence-corrected chi connectivity index (χ0v) is 21.6. The van der Waals surface area contributed by atoms with Crippen LogP contribution in [0.5, 0.6) is 0 Å². The maximum Gasteiger partial charge on any atom is 0.251 e. The molecule has 0 aliphatic rings. The van der Waals surface area contributed by atoms with Crippen LogP contribution in [0, 0.1) is 0 Å². The molecule has 8 heteroatoms. The average molecular weight is 471 g/mol. The Hall–Kier alpha value is -1.51. The Morgan fingerprint density at radius 1 is 0.788 bits per heavy atom. The molecule has 0 heterocycles. The lowest BCUT2D eigenvalue weighted by Gasteiger charge is -2.22. The van der Waals surface area contributed by atoms with Crippen molar-refractivity contribution in [3.8, 4) is 0 Å². The first-order chi connectivity index (χ1) is 16.0. The molecule has 33 heavy (non-hydrogen) atoms. The van der Waals surface area contributed by atoms with Gasteiger partial charge in [-0.2, -0.15) is 0 Å². The number of carbonyl (C=O) groups excluding carboxylic acids is 3. The predicted octanol–water partition coefficient (Wildman–Crippen LogP) is 3.40. The Morgan fingerprint density at radius 3 is 2.09 bits per heavy atom. The number of hydrogen-bond donors (Lipinski definition) is 4. The minimum atomic E-state index is -0.661. The van der Waals surface area contributed by atoms with E-state index in [0.29, 0.717) is 32.4 Å². The van der Waals surface area contributed by atoms with Gasteiger partial charge in [0.2, 0.25) is 5.91 Å². The number of carbonyl (C=O) groups is 3. The maximum absolute atomic E-state index is 12.9. The zero-order chi connectivity index (χ0) is 24.7. The van der Waals surface area contributed by atoms with Crippen LogP contribution in [-0.4, -0.2) is 56.4 Å². The minimum absolute atomic E-state index is 0.0340. The van der Waals surface area contributed by atoms with E-state index in [2.05, 4.69) is 35.3 Å². The predicted molar refractivity (Wildman–Crippen MR) is 134 cm³/mol. The number of amides is 2. The molecule has 0 saturated heterocycles. The highest BCUT2D eigenvalue weighted by molar-refractivity contribution is 5.89. The zero-order valence-electron chi connectivity index (χ0n) is 21.6. The molecule has 0 aromatic rings. The van der Waals surface area contributed by atoms with Gasteiger partial charge in [0.15, 0.2) is 11.9 Å². The number of ketones is 1. The van der Waals surface area contributed by atoms with Crippen LogP contribution in [0.1, 0.15) is 104 Å². The van der Waals surface area contributed by atoms with Crippen molar-refractivity contribution in [1.82, 2.24) is 21.4 Å². The Morgan fingerprint density at radius 2 is 1.42 bits per heavy atom. The van der Waals surface area contributed by atoms with Gasteiger partial charge in [-0.15, -0.1) is 0 Å². The molecular weight excluding hydrogens is 420 g/mol. The van der Waals surface area contributed by atoms with Crippen molar-refractivity contribution < 1.29 is 19.2 Å². The fourth-order valence-corrected chi connectivity index (χ4v) is 3.45. The Bertz CT molecular complexity index is 517. The summed E-state index contributed by atoms with van der Waals surface area (Å²) in [5.41, 5.74) is 2.93. The number of rotatable bonds is 23. The van der Waals surface area contributed by atoms with Crippen LogP contribution in [0.4, 0.5) is 0 Å². The van der Waals surface area contributed by atoms with Crippen molar-refractivity contribution in [1.29, 1.82) is 0 Å². The highest BCUT2D eigenvalue weighted by atomic mass is 16.7. The summed E-state index contributed by atoms with van der Waals surface area (Å²) in [6.45, 7) is 7.95. The minimum Gasteiger partial charge on any atom is -0.356 e. The SMILES string of the molecule is CCCCCNOC(CCCCNC(=O)CCCCC)C(=O)NC(CCCCNC)C(C)=O. The second kappa shape index (κ2) is 22.3. The van der Waals surface area contributed by atoms with E-state index in [0.717, 1.165) is 70.8 Å². The van der Waals surface area contributed by atoms with E-state index in [1.54, 1.807) is 0 Å². The van der Waals surface area contributed by atoms with Crippen molar-refractivity contribution in [3.63, 3.8) is 0 Å². The Kier molecular flexibility index (Phi) is 21.3. The molecule has 0 fully saturated rings. The lowest BCUT2D eigenvalue weighted by molar-refractivity contribution is -0.141. The lowest BCUT2D eigenvalue weighted by Crippen LogP contribution is -2.47. The standard InChI is InChI=1S/C25H50N4O4/c1-5-7-9-17-24(31)27-19-14-11-16-23(33-28-20-12-8-6-2)25(32)29-22(21(3)30)15-10-13-18-26-4/h22-23,26,28H,5-20H2,1-4H3,(H,27,31)(H,29,32). The number of hydrogen-bond acceptors (Lipinski definition) is 6. The van der Waals surface area contributed by atoms with E-state index in [9.17, 15) is 14.4 Å². The molecule has 0 aromatic heterocycles. The fraction of sp³-hybridized carbons (Fsp3) is 0.880. The van der Waals surface area contributed by atoms with E-state index in [-0.39, 0.29) is 17.6 Å². The van der Waals surface area contributed by atoms with Gasteiger partial charge in [-0.3, -0.25) is 19.2 Å². The number of unbranched alkanes of at least 4 members (excludes halogenated alkanes) is 6. The smallest absolute Gasteiger partial charge is 0.251 e. The van der Waals surface area contributed by atoms with Gasteiger partial charge < -0.3 is 16.0 Å². The topological polar surface area (TPSA) is 109 Å². The van der Waals surface area contributed by atoms with Crippen molar-refractivity contribution in [3.05, 3.63) is 0 Å². The lowest BCUT2D eigenvalue weighted by atomic mass is 10.0. The molecule has 0 saturated carbocycles. The van der Waals surface area contributed by atoms with Crippen LogP contribution >= 0.6 is 0 Å². The molecule has 0 aromatic carbocycles. The summed E-state index contributed by atoms with van der Waals surface area (Å²) in [6.07, 6.45) is 10.7. The first kappa shape index (κ1) is 31.5. The molecule has 0 aliphatic heterocycles. The first-order valence-electron chi connectivity index (χ1n) is 13.1. The number of hydroxylamine groups is 1. The summed E-state index contributed by atoms with van der Waals surface area (Å²) in [5, 5.41) is 8.93. The summed E-state index contributed by atoms with van der Waals surface area (Å²) in [6, 6.07) is -0.483. The van der Waals surface area contributed by atoms with Crippen LogP contribution in [0.15, 0.2) is 0 Å². The quantitative estimate of drug-likeness (QED) is 0.135. The van der Waals surface area contributed by atoms with Crippen LogP contribution < -0.4 is 21.4 Å². The molecule has 0 radical (unpaired) electrons. The molecule has 2 unspecified atom stereocenters. The monoisotopic (exact) mass is 470 g/mol. The van der Waals surface area contributed by atoms with Gasteiger partial charge in [0.25, 0.3) is 5.91 Å². The largest absolute Gasteiger partial charge is 0.356 e. The molecule has 0 rings (SSSR count). The van der Waals surface area contributed by atoms with Crippen molar-refractivity contribution in [2.24, 2.45) is 0 Å². The molecule has 2 amide bonds. The average Bonchev–Trinajstić information content (AvgIpc) is 2.79. The van der Waals surface area contributed by atoms with E-state index in [1.807, 2.05) is 7.05 Å². The van der Waals surface area contributed by atoms with Crippen LogP contribution in [-0.2, 0) is 19.2 Å². The van der Waals surface area contributed by atoms with E-state index >= 15 is 0 Å². The van der Waals surface area contributed by atoms with Crippen LogP contribution in [0.3, 0.4) is 0 Å². The summed E-state index contributed by atoms with van der Waals surface area (Å²) >= 11 is 0. The van der Waals surface area contributed by atoms with Crippen molar-refractivity contribution in [2.45, 2.75) is 116 Å². The van der Waals surface area contributed by atoms with Crippen LogP contribution in [0.2, 0.25) is 0 Å². The van der Waals surface area contributed by atoms with Gasteiger partial charge >= 0.3 is 0 Å². The van der Waals surface area contributed by atoms with Gasteiger partial charge in [-0.05, 0) is 71.9 Å². The highest BCUT2D eigenvalue weighted by Gasteiger charge is 2.24. The molecule has 0 spiro atoms. The normalized spacial score (nSPS) is 12.8. The summed E-state index contributed by atoms with van der Waals surface area (Å²) in [4.78, 5) is 42.4. The van der Waals surface area contributed by atoms with Gasteiger partial charge in [0.1, 0.15) is 0 Å². The third kappa shape index (κ3) is 18.6. The second-order valence-electron chi connectivity index (χ2n) is 8.78. The molecule has 4 N–H and O–H groups in total. The maximum atomic E-state index is 12.9. The Balaban J connectivity index is 4.54. The molecule has 0 aliphatic carbocycles. The molecule has 8 nitrogen and oxygen atoms in total. The third-order valence-corrected chi connectivity index (χ3v) is 5.60. The van der Waals surface area contributed by atoms with E-state index in [1.165, 1.54) is 6.92 Å². The van der Waals surface area contributed by atoms with E-state index < -0.39 is 12.1 Å². The van der Waals surface area contributed by atoms with Crippen molar-refractivity contribution in [2.75, 3.05) is 26.7 Å². The molecule has 0 bridgehead atoms. The molecule has 2 atom stereocenters. The number of nitrogens with one attached hydrogen (secondary N) is 4. The molecular formula is C25H50N4O4. The van der Waals surface area contributed by atoms with Gasteiger partial charge in [-0.1, -0.05) is 39.5 Å². The Labute approximate surface area is 201 Å². The summed E-state index contributed by atoms with van der Waals surface area (Å²) < 4.78 is 0. The summed E-state index contributed by atoms with van der Waals surface area (Å²) in [7, 11) is 1.90. The van der Waals surface area contributed by atoms with Gasteiger partial charge in [0.05, 0.1) is 6.04 Å². The van der Waals surface area contributed by atoms with Crippen molar-refractivity contribution >= 4 is 17.6 Å². The highest BCUT2D eigenvalue weighted by Crippen LogP contribution is 2.08. The second-order valence-corrected chi connectivity index (χ2v) is 8.78. The van der Waals surface area contributed by atoms with Gasteiger partial charge in [0, 0.05) is 19.5 Å². The van der Waals surface area contributed by atoms with Crippen LogP contribution in [0.25, 0.3) is 0 Å². The fourth-order valence-electron chi connectivity index (χ4n) is 3.45. The summed E-state index contributed by atoms with van der Waals surface area (Å²) in [5.74, 6) is -0.196. The first-order valence-corrected chi connectivity index (χ1v) is 13.1.